The van der Waals surface area contributed by atoms with Crippen LogP contribution in [0.3, 0.4) is 0 Å². The highest BCUT2D eigenvalue weighted by Crippen LogP contribution is 2.58. The lowest BCUT2D eigenvalue weighted by Gasteiger charge is -2.56. The van der Waals surface area contributed by atoms with Crippen LogP contribution >= 0.6 is 0 Å². The summed E-state index contributed by atoms with van der Waals surface area (Å²) in [5.41, 5.74) is 3.06. The molecule has 3 heteroatoms. The monoisotopic (exact) mass is 223 g/mol. The normalized spacial score (nSPS) is 37.3. The third-order valence-electron chi connectivity index (χ3n) is 4.73. The third-order valence-corrected chi connectivity index (χ3v) is 4.73. The molecule has 1 unspecified atom stereocenters. The molecule has 1 saturated carbocycles. The molecule has 3 aliphatic carbocycles. The van der Waals surface area contributed by atoms with Gasteiger partial charge < -0.3 is 14.7 Å². The first-order chi connectivity index (χ1) is 7.60. The van der Waals surface area contributed by atoms with E-state index >= 15 is 0 Å². The van der Waals surface area contributed by atoms with Gasteiger partial charge in [0.2, 0.25) is 0 Å². The first kappa shape index (κ1) is 10.6. The Kier molecular flexibility index (Phi) is 2.30. The maximum atomic E-state index is 10.2. The number of ether oxygens (including phenoxy) is 1. The van der Waals surface area contributed by atoms with E-state index in [1.54, 1.807) is 0 Å². The number of hydrogen-bond acceptors (Lipinski definition) is 3. The van der Waals surface area contributed by atoms with Crippen molar-refractivity contribution in [3.05, 3.63) is 11.3 Å². The molecule has 1 saturated heterocycles. The Bertz CT molecular complexity index is 329. The van der Waals surface area contributed by atoms with Crippen LogP contribution in [0.15, 0.2) is 11.3 Å². The van der Waals surface area contributed by atoms with Crippen LogP contribution in [0.1, 0.15) is 26.7 Å². The van der Waals surface area contributed by atoms with Crippen molar-refractivity contribution in [2.45, 2.75) is 32.8 Å². The van der Waals surface area contributed by atoms with E-state index in [0.29, 0.717) is 11.3 Å². The largest absolute Gasteiger partial charge is 0.387 e. The van der Waals surface area contributed by atoms with Crippen LogP contribution in [0, 0.1) is 11.3 Å². The molecular weight excluding hydrogens is 202 g/mol. The highest BCUT2D eigenvalue weighted by molar-refractivity contribution is 5.36. The summed E-state index contributed by atoms with van der Waals surface area (Å²) in [7, 11) is 0. The van der Waals surface area contributed by atoms with Crippen LogP contribution < -0.4 is 0 Å². The van der Waals surface area contributed by atoms with E-state index < -0.39 is 0 Å². The molecular formula is C13H21NO2. The van der Waals surface area contributed by atoms with Crippen molar-refractivity contribution in [2.75, 3.05) is 26.3 Å². The van der Waals surface area contributed by atoms with Crippen molar-refractivity contribution in [1.82, 2.24) is 4.90 Å². The van der Waals surface area contributed by atoms with Gasteiger partial charge in [-0.25, -0.2) is 0 Å². The van der Waals surface area contributed by atoms with Crippen molar-refractivity contribution in [3.8, 4) is 0 Å². The maximum absolute atomic E-state index is 10.2. The molecule has 0 aromatic rings. The van der Waals surface area contributed by atoms with Gasteiger partial charge in [-0.3, -0.25) is 0 Å². The lowest BCUT2D eigenvalue weighted by atomic mass is 9.52. The van der Waals surface area contributed by atoms with Crippen LogP contribution in [-0.2, 0) is 4.74 Å². The summed E-state index contributed by atoms with van der Waals surface area (Å²) in [6, 6.07) is 0. The first-order valence-electron chi connectivity index (χ1n) is 6.35. The lowest BCUT2D eigenvalue weighted by molar-refractivity contribution is -0.000990. The smallest absolute Gasteiger partial charge is 0.0939 e. The van der Waals surface area contributed by atoms with Gasteiger partial charge in [0.05, 0.1) is 19.3 Å². The van der Waals surface area contributed by atoms with Crippen molar-refractivity contribution in [3.63, 3.8) is 0 Å². The molecule has 1 heterocycles. The average Bonchev–Trinajstić information content (AvgIpc) is 2.29. The fourth-order valence-electron chi connectivity index (χ4n) is 3.48. The Morgan fingerprint density at radius 3 is 2.62 bits per heavy atom. The molecule has 2 bridgehead atoms. The van der Waals surface area contributed by atoms with Crippen molar-refractivity contribution in [2.24, 2.45) is 11.3 Å². The highest BCUT2D eigenvalue weighted by atomic mass is 16.5. The molecule has 0 aromatic carbocycles. The van der Waals surface area contributed by atoms with E-state index in [1.165, 1.54) is 17.7 Å². The maximum Gasteiger partial charge on any atom is 0.0939 e. The molecule has 1 N–H and O–H groups in total. The van der Waals surface area contributed by atoms with Gasteiger partial charge in [-0.05, 0) is 29.7 Å². The van der Waals surface area contributed by atoms with Gasteiger partial charge in [0.25, 0.3) is 0 Å². The van der Waals surface area contributed by atoms with Gasteiger partial charge >= 0.3 is 0 Å². The average molecular weight is 223 g/mol. The Hall–Kier alpha value is -0.540. The summed E-state index contributed by atoms with van der Waals surface area (Å²) < 4.78 is 5.38. The molecule has 0 radical (unpaired) electrons. The molecule has 0 spiro atoms. The molecule has 4 aliphatic rings. The van der Waals surface area contributed by atoms with E-state index in [1.807, 2.05) is 0 Å². The zero-order valence-corrected chi connectivity index (χ0v) is 10.2. The van der Waals surface area contributed by atoms with Crippen molar-refractivity contribution >= 4 is 0 Å². The molecule has 4 rings (SSSR count). The predicted molar refractivity (Wildman–Crippen MR) is 61.9 cm³/mol. The Balaban J connectivity index is 1.91. The van der Waals surface area contributed by atoms with Crippen LogP contribution in [0.2, 0.25) is 0 Å². The molecule has 1 aliphatic heterocycles. The molecule has 0 aromatic heterocycles. The number of aliphatic hydroxyl groups excluding tert-OH is 1. The van der Waals surface area contributed by atoms with Crippen molar-refractivity contribution < 1.29 is 9.84 Å². The SMILES string of the molecule is CC1(C)C2=C(N3CCOCC3)[C@H](O)CC1C2. The minimum absolute atomic E-state index is 0.222. The molecule has 2 atom stereocenters. The van der Waals surface area contributed by atoms with Crippen LogP contribution in [0.5, 0.6) is 0 Å². The minimum atomic E-state index is -0.222. The van der Waals surface area contributed by atoms with Gasteiger partial charge in [-0.15, -0.1) is 0 Å². The molecule has 0 amide bonds. The van der Waals surface area contributed by atoms with E-state index in [0.717, 1.165) is 32.7 Å². The Labute approximate surface area is 97.1 Å². The number of aliphatic hydroxyl groups is 1. The van der Waals surface area contributed by atoms with Gasteiger partial charge in [0.1, 0.15) is 0 Å². The molecule has 3 nitrogen and oxygen atoms in total. The van der Waals surface area contributed by atoms with E-state index in [-0.39, 0.29) is 6.10 Å². The Morgan fingerprint density at radius 1 is 1.31 bits per heavy atom. The first-order valence-corrected chi connectivity index (χ1v) is 6.35. The fourth-order valence-corrected chi connectivity index (χ4v) is 3.48. The molecule has 2 fully saturated rings. The molecule has 90 valence electrons. The van der Waals surface area contributed by atoms with Crippen LogP contribution in [0.25, 0.3) is 0 Å². The summed E-state index contributed by atoms with van der Waals surface area (Å²) in [6.45, 7) is 8.12. The van der Waals surface area contributed by atoms with Gasteiger partial charge in [-0.2, -0.15) is 0 Å². The van der Waals surface area contributed by atoms with E-state index in [9.17, 15) is 5.11 Å². The second-order valence-corrected chi connectivity index (χ2v) is 5.84. The zero-order valence-electron chi connectivity index (χ0n) is 10.2. The topological polar surface area (TPSA) is 32.7 Å². The minimum Gasteiger partial charge on any atom is -0.387 e. The number of morpholine rings is 1. The van der Waals surface area contributed by atoms with Gasteiger partial charge in [-0.1, -0.05) is 13.8 Å². The second kappa shape index (κ2) is 3.47. The quantitative estimate of drug-likeness (QED) is 0.729. The van der Waals surface area contributed by atoms with E-state index in [4.69, 9.17) is 4.74 Å². The summed E-state index contributed by atoms with van der Waals surface area (Å²) in [5.74, 6) is 0.697. The number of rotatable bonds is 1. The van der Waals surface area contributed by atoms with Crippen LogP contribution in [0.4, 0.5) is 0 Å². The molecule has 16 heavy (non-hydrogen) atoms. The fraction of sp³-hybridized carbons (Fsp3) is 0.846. The van der Waals surface area contributed by atoms with Crippen molar-refractivity contribution in [1.29, 1.82) is 0 Å². The lowest BCUT2D eigenvalue weighted by Crippen LogP contribution is -2.51. The van der Waals surface area contributed by atoms with E-state index in [2.05, 4.69) is 18.7 Å². The summed E-state index contributed by atoms with van der Waals surface area (Å²) in [5, 5.41) is 10.2. The predicted octanol–water partition coefficient (Wildman–Crippen LogP) is 1.38. The summed E-state index contributed by atoms with van der Waals surface area (Å²) in [4.78, 5) is 2.35. The standard InChI is InChI=1S/C13H21NO2/c1-13(2)9-7-10(13)12(11(15)8-9)14-3-5-16-6-4-14/h9,11,15H,3-8H2,1-2H3/t9?,11-/m1/s1. The summed E-state index contributed by atoms with van der Waals surface area (Å²) in [6.07, 6.45) is 1.93. The van der Waals surface area contributed by atoms with Crippen LogP contribution in [-0.4, -0.2) is 42.4 Å². The Morgan fingerprint density at radius 2 is 2.00 bits per heavy atom. The number of allylic oxidation sites excluding steroid dienone is 1. The number of hydrogen-bond donors (Lipinski definition) is 1. The van der Waals surface area contributed by atoms with Gasteiger partial charge in [0.15, 0.2) is 0 Å². The third kappa shape index (κ3) is 1.34. The van der Waals surface area contributed by atoms with Gasteiger partial charge in [0, 0.05) is 18.8 Å². The zero-order chi connectivity index (χ0) is 11.3. The number of fused-ring (bicyclic) bond motifs is 2. The highest BCUT2D eigenvalue weighted by Gasteiger charge is 2.51. The second-order valence-electron chi connectivity index (χ2n) is 5.84. The number of nitrogens with zero attached hydrogens (tertiary/aromatic N) is 1. The summed E-state index contributed by atoms with van der Waals surface area (Å²) >= 11 is 0.